The number of carbonyl (C=O) groups is 1. The van der Waals surface area contributed by atoms with Gasteiger partial charge in [0.1, 0.15) is 6.10 Å². The van der Waals surface area contributed by atoms with Crippen LogP contribution >= 0.6 is 11.3 Å². The highest BCUT2D eigenvalue weighted by Gasteiger charge is 2.20. The van der Waals surface area contributed by atoms with E-state index in [1.54, 1.807) is 29.7 Å². The van der Waals surface area contributed by atoms with E-state index in [0.29, 0.717) is 18.0 Å². The quantitative estimate of drug-likeness (QED) is 0.880. The Labute approximate surface area is 139 Å². The Kier molecular flexibility index (Phi) is 4.76. The molecule has 1 amide bonds. The maximum Gasteiger partial charge on any atom is 0.251 e. The zero-order valence-corrected chi connectivity index (χ0v) is 14.1. The van der Waals surface area contributed by atoms with Crippen molar-refractivity contribution in [1.29, 1.82) is 0 Å². The lowest BCUT2D eigenvalue weighted by Gasteiger charge is -2.25. The molecule has 1 saturated carbocycles. The van der Waals surface area contributed by atoms with Crippen molar-refractivity contribution in [2.24, 2.45) is 0 Å². The number of thiazole rings is 1. The molecule has 0 radical (unpaired) electrons. The number of hydrogen-bond donors (Lipinski definition) is 1. The van der Waals surface area contributed by atoms with Gasteiger partial charge in [-0.2, -0.15) is 0 Å². The van der Waals surface area contributed by atoms with Crippen molar-refractivity contribution in [2.45, 2.75) is 31.9 Å². The Morgan fingerprint density at radius 3 is 2.96 bits per heavy atom. The van der Waals surface area contributed by atoms with E-state index in [2.05, 4.69) is 15.3 Å². The lowest BCUT2D eigenvalue weighted by atomic mass is 9.96. The minimum absolute atomic E-state index is 0.148. The summed E-state index contributed by atoms with van der Waals surface area (Å²) in [5.74, 6) is 0.371. The fraction of sp³-hybridized carbons (Fsp3) is 0.438. The van der Waals surface area contributed by atoms with E-state index in [1.165, 1.54) is 6.42 Å². The topological polar surface area (TPSA) is 67.4 Å². The van der Waals surface area contributed by atoms with Gasteiger partial charge in [0, 0.05) is 37.3 Å². The zero-order chi connectivity index (χ0) is 16.2. The summed E-state index contributed by atoms with van der Waals surface area (Å²) >= 11 is 1.56. The van der Waals surface area contributed by atoms with Crippen molar-refractivity contribution in [3.8, 4) is 5.88 Å². The van der Waals surface area contributed by atoms with Crippen LogP contribution in [0.5, 0.6) is 5.88 Å². The molecule has 6 nitrogen and oxygen atoms in total. The smallest absolute Gasteiger partial charge is 0.251 e. The molecule has 122 valence electrons. The summed E-state index contributed by atoms with van der Waals surface area (Å²) in [4.78, 5) is 22.8. The predicted molar refractivity (Wildman–Crippen MR) is 90.1 cm³/mol. The van der Waals surface area contributed by atoms with Gasteiger partial charge in [-0.25, -0.2) is 9.97 Å². The number of rotatable bonds is 6. The minimum atomic E-state index is -0.148. The van der Waals surface area contributed by atoms with E-state index >= 15 is 0 Å². The number of nitrogens with one attached hydrogen (secondary N) is 1. The SMILES string of the molecule is CN(C)c1nc(CNC(=O)c2ccnc(OC3CCC3)c2)cs1. The maximum absolute atomic E-state index is 12.3. The van der Waals surface area contributed by atoms with Crippen molar-refractivity contribution in [3.05, 3.63) is 35.0 Å². The van der Waals surface area contributed by atoms with Gasteiger partial charge in [0.15, 0.2) is 5.13 Å². The van der Waals surface area contributed by atoms with E-state index < -0.39 is 0 Å². The molecule has 3 rings (SSSR count). The second kappa shape index (κ2) is 6.95. The highest BCUT2D eigenvalue weighted by molar-refractivity contribution is 7.13. The first-order chi connectivity index (χ1) is 11.1. The zero-order valence-electron chi connectivity index (χ0n) is 13.3. The Bertz CT molecular complexity index is 682. The molecule has 2 heterocycles. The molecule has 2 aromatic heterocycles. The number of carbonyl (C=O) groups excluding carboxylic acids is 1. The molecule has 0 aromatic carbocycles. The molecule has 0 unspecified atom stereocenters. The van der Waals surface area contributed by atoms with Crippen LogP contribution in [0.4, 0.5) is 5.13 Å². The van der Waals surface area contributed by atoms with Crippen LogP contribution < -0.4 is 15.0 Å². The minimum Gasteiger partial charge on any atom is -0.474 e. The second-order valence-electron chi connectivity index (χ2n) is 5.75. The fourth-order valence-corrected chi connectivity index (χ4v) is 2.89. The highest BCUT2D eigenvalue weighted by Crippen LogP contribution is 2.24. The summed E-state index contributed by atoms with van der Waals surface area (Å²) in [6.45, 7) is 0.407. The molecular weight excluding hydrogens is 312 g/mol. The molecule has 0 atom stereocenters. The molecule has 2 aromatic rings. The molecule has 7 heteroatoms. The number of hydrogen-bond acceptors (Lipinski definition) is 6. The largest absolute Gasteiger partial charge is 0.474 e. The second-order valence-corrected chi connectivity index (χ2v) is 6.59. The first kappa shape index (κ1) is 15.7. The number of aromatic nitrogens is 2. The average molecular weight is 332 g/mol. The van der Waals surface area contributed by atoms with Crippen LogP contribution in [0.2, 0.25) is 0 Å². The number of ether oxygens (including phenoxy) is 1. The highest BCUT2D eigenvalue weighted by atomic mass is 32.1. The summed E-state index contributed by atoms with van der Waals surface area (Å²) in [7, 11) is 3.89. The third kappa shape index (κ3) is 3.98. The molecule has 0 bridgehead atoms. The Hall–Kier alpha value is -2.15. The summed E-state index contributed by atoms with van der Waals surface area (Å²) < 4.78 is 5.73. The third-order valence-electron chi connectivity index (χ3n) is 3.69. The molecule has 1 fully saturated rings. The van der Waals surface area contributed by atoms with Gasteiger partial charge in [-0.05, 0) is 25.3 Å². The molecular formula is C16H20N4O2S. The summed E-state index contributed by atoms with van der Waals surface area (Å²) in [6.07, 6.45) is 5.19. The molecule has 0 saturated heterocycles. The normalized spacial score (nSPS) is 14.2. The average Bonchev–Trinajstić information content (AvgIpc) is 2.98. The monoisotopic (exact) mass is 332 g/mol. The standard InChI is InChI=1S/C16H20N4O2S/c1-20(2)16-19-12(10-23-16)9-18-15(21)11-6-7-17-14(8-11)22-13-4-3-5-13/h6-8,10,13H,3-5,9H2,1-2H3,(H,18,21). The van der Waals surface area contributed by atoms with Gasteiger partial charge in [-0.15, -0.1) is 11.3 Å². The molecule has 1 aliphatic carbocycles. The van der Waals surface area contributed by atoms with Crippen LogP contribution in [-0.2, 0) is 6.54 Å². The third-order valence-corrected chi connectivity index (χ3v) is 4.75. The van der Waals surface area contributed by atoms with Gasteiger partial charge in [0.25, 0.3) is 5.91 Å². The molecule has 23 heavy (non-hydrogen) atoms. The van der Waals surface area contributed by atoms with E-state index in [9.17, 15) is 4.79 Å². The van der Waals surface area contributed by atoms with Crippen molar-refractivity contribution < 1.29 is 9.53 Å². The fourth-order valence-electron chi connectivity index (χ4n) is 2.13. The van der Waals surface area contributed by atoms with Gasteiger partial charge < -0.3 is 15.0 Å². The van der Waals surface area contributed by atoms with E-state index in [4.69, 9.17) is 4.74 Å². The van der Waals surface area contributed by atoms with Crippen LogP contribution in [0.3, 0.4) is 0 Å². The van der Waals surface area contributed by atoms with Gasteiger partial charge in [0.05, 0.1) is 12.2 Å². The maximum atomic E-state index is 12.3. The number of anilines is 1. The Morgan fingerprint density at radius 2 is 2.30 bits per heavy atom. The number of amides is 1. The van der Waals surface area contributed by atoms with Crippen LogP contribution in [-0.4, -0.2) is 36.1 Å². The van der Waals surface area contributed by atoms with E-state index in [-0.39, 0.29) is 12.0 Å². The van der Waals surface area contributed by atoms with Crippen LogP contribution in [0.25, 0.3) is 0 Å². The van der Waals surface area contributed by atoms with E-state index in [1.807, 2.05) is 24.4 Å². The van der Waals surface area contributed by atoms with E-state index in [0.717, 1.165) is 23.7 Å². The van der Waals surface area contributed by atoms with Crippen molar-refractivity contribution in [3.63, 3.8) is 0 Å². The first-order valence-corrected chi connectivity index (χ1v) is 8.52. The number of nitrogens with zero attached hydrogens (tertiary/aromatic N) is 3. The van der Waals surface area contributed by atoms with Crippen molar-refractivity contribution in [1.82, 2.24) is 15.3 Å². The lowest BCUT2D eigenvalue weighted by molar-refractivity contribution is 0.0945. The molecule has 1 N–H and O–H groups in total. The van der Waals surface area contributed by atoms with Crippen molar-refractivity contribution >= 4 is 22.4 Å². The van der Waals surface area contributed by atoms with Gasteiger partial charge in [-0.1, -0.05) is 0 Å². The van der Waals surface area contributed by atoms with Crippen molar-refractivity contribution in [2.75, 3.05) is 19.0 Å². The van der Waals surface area contributed by atoms with Gasteiger partial charge in [-0.3, -0.25) is 4.79 Å². The molecule has 0 spiro atoms. The van der Waals surface area contributed by atoms with Gasteiger partial charge >= 0.3 is 0 Å². The van der Waals surface area contributed by atoms with Crippen LogP contribution in [0, 0.1) is 0 Å². The van der Waals surface area contributed by atoms with Gasteiger partial charge in [0.2, 0.25) is 5.88 Å². The van der Waals surface area contributed by atoms with Crippen LogP contribution in [0.1, 0.15) is 35.3 Å². The Morgan fingerprint density at radius 1 is 1.48 bits per heavy atom. The molecule has 1 aliphatic rings. The first-order valence-electron chi connectivity index (χ1n) is 7.64. The lowest BCUT2D eigenvalue weighted by Crippen LogP contribution is -2.26. The number of pyridine rings is 1. The Balaban J connectivity index is 1.57. The summed E-state index contributed by atoms with van der Waals surface area (Å²) in [5.41, 5.74) is 1.41. The summed E-state index contributed by atoms with van der Waals surface area (Å²) in [6, 6.07) is 3.38. The summed E-state index contributed by atoms with van der Waals surface area (Å²) in [5, 5.41) is 5.76. The molecule has 0 aliphatic heterocycles. The predicted octanol–water partition coefficient (Wildman–Crippen LogP) is 2.47. The van der Waals surface area contributed by atoms with Crippen LogP contribution in [0.15, 0.2) is 23.7 Å².